The van der Waals surface area contributed by atoms with Crippen LogP contribution in [0.4, 0.5) is 11.4 Å². The summed E-state index contributed by atoms with van der Waals surface area (Å²) in [5.74, 6) is 0.532. The number of benzene rings is 3. The molecule has 3 rings (SSSR count). The van der Waals surface area contributed by atoms with E-state index in [2.05, 4.69) is 31.3 Å². The van der Waals surface area contributed by atoms with Gasteiger partial charge in [0.15, 0.2) is 5.11 Å². The number of amides is 1. The lowest BCUT2D eigenvalue weighted by Crippen LogP contribution is -2.34. The van der Waals surface area contributed by atoms with Gasteiger partial charge in [0.05, 0.1) is 24.2 Å². The van der Waals surface area contributed by atoms with Gasteiger partial charge >= 0.3 is 0 Å². The molecule has 0 aliphatic heterocycles. The number of ether oxygens (including phenoxy) is 3. The van der Waals surface area contributed by atoms with Gasteiger partial charge in [-0.05, 0) is 78.9 Å². The summed E-state index contributed by atoms with van der Waals surface area (Å²) in [5.41, 5.74) is 1.19. The predicted octanol–water partition coefficient (Wildman–Crippen LogP) is 4.41. The summed E-state index contributed by atoms with van der Waals surface area (Å²) in [6, 6.07) is 17.5. The zero-order valence-corrected chi connectivity index (χ0v) is 22.6. The molecule has 1 amide bonds. The Morgan fingerprint density at radius 2 is 1.61 bits per heavy atom. The van der Waals surface area contributed by atoms with E-state index < -0.39 is 15.9 Å². The molecule has 0 unspecified atom stereocenters. The van der Waals surface area contributed by atoms with Gasteiger partial charge in [-0.15, -0.1) is 0 Å². The molecule has 12 heteroatoms. The first kappa shape index (κ1) is 27.4. The van der Waals surface area contributed by atoms with Crippen molar-refractivity contribution in [2.75, 3.05) is 37.5 Å². The van der Waals surface area contributed by atoms with Gasteiger partial charge in [0.2, 0.25) is 0 Å². The standard InChI is InChI=1S/C24H24BrN3O6S2/c1-32-13-14-34-22-12-3-16(25)15-21(22)23(29)27-24(35)26-17-6-10-20(11-7-17)36(30,31)28-18-4-8-19(33-2)9-5-18/h3-12,15,28H,13-14H2,1-2H3,(H2,26,27,29,35). The van der Waals surface area contributed by atoms with Gasteiger partial charge in [0.1, 0.15) is 18.1 Å². The molecule has 3 aromatic carbocycles. The fourth-order valence-electron chi connectivity index (χ4n) is 2.96. The molecule has 3 N–H and O–H groups in total. The molecule has 9 nitrogen and oxygen atoms in total. The Labute approximate surface area is 223 Å². The Bertz CT molecular complexity index is 1320. The van der Waals surface area contributed by atoms with E-state index in [0.717, 1.165) is 0 Å². The van der Waals surface area contributed by atoms with Crippen LogP contribution in [0.3, 0.4) is 0 Å². The minimum atomic E-state index is -3.80. The highest BCUT2D eigenvalue weighted by molar-refractivity contribution is 9.10. The highest BCUT2D eigenvalue weighted by Gasteiger charge is 2.17. The molecule has 0 aromatic heterocycles. The number of hydrogen-bond donors (Lipinski definition) is 3. The predicted molar refractivity (Wildman–Crippen MR) is 145 cm³/mol. The first-order valence-electron chi connectivity index (χ1n) is 10.5. The number of halogens is 1. The number of carbonyl (C=O) groups is 1. The van der Waals surface area contributed by atoms with Gasteiger partial charge in [-0.25, -0.2) is 8.42 Å². The van der Waals surface area contributed by atoms with Crippen molar-refractivity contribution in [1.29, 1.82) is 0 Å². The number of thiocarbonyl (C=S) groups is 1. The molecule has 0 aliphatic rings. The molecule has 0 atom stereocenters. The molecule has 3 aromatic rings. The second-order valence-corrected chi connectivity index (χ2v) is 10.3. The summed E-state index contributed by atoms with van der Waals surface area (Å²) in [6.45, 7) is 0.655. The number of sulfonamides is 1. The lowest BCUT2D eigenvalue weighted by molar-refractivity contribution is 0.0969. The minimum absolute atomic E-state index is 0.0368. The van der Waals surface area contributed by atoms with Crippen molar-refractivity contribution in [1.82, 2.24) is 5.32 Å². The van der Waals surface area contributed by atoms with Crippen LogP contribution in [0.1, 0.15) is 10.4 Å². The van der Waals surface area contributed by atoms with Gasteiger partial charge in [-0.3, -0.25) is 14.8 Å². The van der Waals surface area contributed by atoms with E-state index in [9.17, 15) is 13.2 Å². The average Bonchev–Trinajstić information content (AvgIpc) is 2.85. The summed E-state index contributed by atoms with van der Waals surface area (Å²) in [5, 5.41) is 5.50. The van der Waals surface area contributed by atoms with Gasteiger partial charge in [-0.2, -0.15) is 0 Å². The second-order valence-electron chi connectivity index (χ2n) is 7.25. The van der Waals surface area contributed by atoms with Crippen LogP contribution in [0, 0.1) is 0 Å². The Morgan fingerprint density at radius 3 is 2.25 bits per heavy atom. The van der Waals surface area contributed by atoms with Crippen LogP contribution >= 0.6 is 28.1 Å². The van der Waals surface area contributed by atoms with Crippen LogP contribution in [0.15, 0.2) is 76.1 Å². The number of nitrogens with one attached hydrogen (secondary N) is 3. The van der Waals surface area contributed by atoms with E-state index in [0.29, 0.717) is 34.0 Å². The number of carbonyl (C=O) groups excluding carboxylic acids is 1. The monoisotopic (exact) mass is 593 g/mol. The quantitative estimate of drug-likeness (QED) is 0.234. The molecule has 36 heavy (non-hydrogen) atoms. The largest absolute Gasteiger partial charge is 0.497 e. The second kappa shape index (κ2) is 12.7. The van der Waals surface area contributed by atoms with Gasteiger partial charge in [-0.1, -0.05) is 15.9 Å². The fourth-order valence-corrected chi connectivity index (χ4v) is 4.59. The molecule has 190 valence electrons. The van der Waals surface area contributed by atoms with Crippen LogP contribution in [-0.4, -0.2) is 46.9 Å². The van der Waals surface area contributed by atoms with E-state index in [4.69, 9.17) is 26.4 Å². The molecule has 0 heterocycles. The van der Waals surface area contributed by atoms with Crippen LogP contribution in [0.25, 0.3) is 0 Å². The zero-order valence-electron chi connectivity index (χ0n) is 19.4. The summed E-state index contributed by atoms with van der Waals surface area (Å²) in [6.07, 6.45) is 0. The number of anilines is 2. The Kier molecular flexibility index (Phi) is 9.65. The van der Waals surface area contributed by atoms with Gasteiger partial charge in [0.25, 0.3) is 15.9 Å². The lowest BCUT2D eigenvalue weighted by atomic mass is 10.2. The van der Waals surface area contributed by atoms with Crippen molar-refractivity contribution in [3.8, 4) is 11.5 Å². The van der Waals surface area contributed by atoms with Crippen LogP contribution in [0.5, 0.6) is 11.5 Å². The molecule has 0 radical (unpaired) electrons. The number of methoxy groups -OCH3 is 2. The van der Waals surface area contributed by atoms with Crippen molar-refractivity contribution >= 4 is 60.6 Å². The van der Waals surface area contributed by atoms with Crippen molar-refractivity contribution in [2.45, 2.75) is 4.90 Å². The van der Waals surface area contributed by atoms with Crippen molar-refractivity contribution in [2.24, 2.45) is 0 Å². The van der Waals surface area contributed by atoms with E-state index in [1.165, 1.54) is 19.2 Å². The lowest BCUT2D eigenvalue weighted by Gasteiger charge is -2.14. The van der Waals surface area contributed by atoms with E-state index in [-0.39, 0.29) is 22.2 Å². The van der Waals surface area contributed by atoms with E-state index in [1.54, 1.807) is 61.7 Å². The highest BCUT2D eigenvalue weighted by atomic mass is 79.9. The Balaban J connectivity index is 1.62. The maximum absolute atomic E-state index is 12.8. The topological polar surface area (TPSA) is 115 Å². The van der Waals surface area contributed by atoms with E-state index >= 15 is 0 Å². The maximum Gasteiger partial charge on any atom is 0.261 e. The Hall–Kier alpha value is -3.19. The normalized spacial score (nSPS) is 10.9. The molecule has 0 saturated carbocycles. The zero-order chi connectivity index (χ0) is 26.1. The summed E-state index contributed by atoms with van der Waals surface area (Å²) < 4.78 is 44.2. The molecular weight excluding hydrogens is 570 g/mol. The average molecular weight is 595 g/mol. The fraction of sp³-hybridized carbons (Fsp3) is 0.167. The summed E-state index contributed by atoms with van der Waals surface area (Å²) in [7, 11) is -0.712. The molecule has 0 saturated heterocycles. The van der Waals surface area contributed by atoms with Crippen molar-refractivity contribution < 1.29 is 27.4 Å². The number of hydrogen-bond acceptors (Lipinski definition) is 7. The van der Waals surface area contributed by atoms with Crippen LogP contribution in [-0.2, 0) is 14.8 Å². The van der Waals surface area contributed by atoms with Crippen LogP contribution < -0.4 is 24.8 Å². The van der Waals surface area contributed by atoms with Crippen molar-refractivity contribution in [3.05, 3.63) is 76.8 Å². The highest BCUT2D eigenvalue weighted by Crippen LogP contribution is 2.24. The van der Waals surface area contributed by atoms with Crippen molar-refractivity contribution in [3.63, 3.8) is 0 Å². The Morgan fingerprint density at radius 1 is 0.944 bits per heavy atom. The van der Waals surface area contributed by atoms with Gasteiger partial charge in [0, 0.05) is 23.0 Å². The van der Waals surface area contributed by atoms with E-state index in [1.807, 2.05) is 0 Å². The number of rotatable bonds is 10. The summed E-state index contributed by atoms with van der Waals surface area (Å²) in [4.78, 5) is 12.8. The molecule has 0 aliphatic carbocycles. The first-order chi connectivity index (χ1) is 17.2. The third kappa shape index (κ3) is 7.65. The van der Waals surface area contributed by atoms with Crippen LogP contribution in [0.2, 0.25) is 0 Å². The molecule has 0 fully saturated rings. The SMILES string of the molecule is COCCOc1ccc(Br)cc1C(=O)NC(=S)Nc1ccc(S(=O)(=O)Nc2ccc(OC)cc2)cc1. The third-order valence-electron chi connectivity index (χ3n) is 4.72. The molecule has 0 bridgehead atoms. The molecular formula is C24H24BrN3O6S2. The minimum Gasteiger partial charge on any atom is -0.497 e. The first-order valence-corrected chi connectivity index (χ1v) is 13.2. The maximum atomic E-state index is 12.8. The molecule has 0 spiro atoms. The van der Waals surface area contributed by atoms with Gasteiger partial charge < -0.3 is 19.5 Å². The summed E-state index contributed by atoms with van der Waals surface area (Å²) >= 11 is 8.60. The smallest absolute Gasteiger partial charge is 0.261 e. The third-order valence-corrected chi connectivity index (χ3v) is 6.82.